The molecule has 0 spiro atoms. The standard InChI is InChI=1S/C28H22Cl3N3O/c1-3-25(35)34-24(19-10-7-11-21(30)28(19)31)15-23(33-34)26-16(2)32-22-13-12-18(29)14-20(22)27(26)17-8-5-4-6-9-17/h4-14,24H,3,15H2,1-2H3/t24-/m1/s1. The van der Waals surface area contributed by atoms with Gasteiger partial charge in [0.25, 0.3) is 0 Å². The van der Waals surface area contributed by atoms with Gasteiger partial charge in [0.2, 0.25) is 5.91 Å². The lowest BCUT2D eigenvalue weighted by atomic mass is 9.89. The number of hydrogen-bond acceptors (Lipinski definition) is 3. The van der Waals surface area contributed by atoms with Crippen molar-refractivity contribution in [2.24, 2.45) is 5.10 Å². The average Bonchev–Trinajstić information content (AvgIpc) is 3.30. The first-order chi connectivity index (χ1) is 16.9. The lowest BCUT2D eigenvalue weighted by molar-refractivity contribution is -0.132. The number of fused-ring (bicyclic) bond motifs is 1. The van der Waals surface area contributed by atoms with Crippen molar-refractivity contribution in [2.45, 2.75) is 32.7 Å². The number of hydrogen-bond donors (Lipinski definition) is 0. The number of rotatable bonds is 4. The van der Waals surface area contributed by atoms with Crippen LogP contribution in [0.5, 0.6) is 0 Å². The van der Waals surface area contributed by atoms with Crippen LogP contribution in [-0.4, -0.2) is 21.6 Å². The molecule has 0 aliphatic carbocycles. The number of hydrazone groups is 1. The summed E-state index contributed by atoms with van der Waals surface area (Å²) in [5.41, 5.74) is 6.16. The number of aryl methyl sites for hydroxylation is 1. The Balaban J connectivity index is 1.75. The first-order valence-corrected chi connectivity index (χ1v) is 12.5. The van der Waals surface area contributed by atoms with Crippen LogP contribution >= 0.6 is 34.8 Å². The summed E-state index contributed by atoms with van der Waals surface area (Å²) in [7, 11) is 0. The van der Waals surface area contributed by atoms with E-state index in [-0.39, 0.29) is 11.9 Å². The fourth-order valence-electron chi connectivity index (χ4n) is 4.69. The molecule has 4 aromatic rings. The second-order valence-electron chi connectivity index (χ2n) is 8.48. The van der Waals surface area contributed by atoms with E-state index in [0.717, 1.165) is 44.6 Å². The number of benzene rings is 3. The molecular formula is C28H22Cl3N3O. The Morgan fingerprint density at radius 2 is 1.77 bits per heavy atom. The van der Waals surface area contributed by atoms with Gasteiger partial charge in [0.1, 0.15) is 0 Å². The topological polar surface area (TPSA) is 45.6 Å². The lowest BCUT2D eigenvalue weighted by Crippen LogP contribution is -2.26. The Bertz CT molecular complexity index is 1480. The van der Waals surface area contributed by atoms with Crippen molar-refractivity contribution in [3.05, 3.63) is 98.6 Å². The van der Waals surface area contributed by atoms with Gasteiger partial charge in [-0.25, -0.2) is 5.01 Å². The molecule has 0 unspecified atom stereocenters. The molecule has 0 fully saturated rings. The highest BCUT2D eigenvalue weighted by Crippen LogP contribution is 2.42. The van der Waals surface area contributed by atoms with Gasteiger partial charge in [-0.2, -0.15) is 5.10 Å². The van der Waals surface area contributed by atoms with Crippen LogP contribution in [0, 0.1) is 6.92 Å². The van der Waals surface area contributed by atoms with Crippen molar-refractivity contribution in [1.82, 2.24) is 9.99 Å². The zero-order valence-electron chi connectivity index (χ0n) is 19.2. The highest BCUT2D eigenvalue weighted by Gasteiger charge is 2.35. The molecule has 5 rings (SSSR count). The first kappa shape index (κ1) is 23.8. The number of pyridine rings is 1. The van der Waals surface area contributed by atoms with Gasteiger partial charge in [0, 0.05) is 40.1 Å². The molecule has 176 valence electrons. The van der Waals surface area contributed by atoms with Crippen LogP contribution in [0.1, 0.15) is 42.6 Å². The highest BCUT2D eigenvalue weighted by molar-refractivity contribution is 6.42. The lowest BCUT2D eigenvalue weighted by Gasteiger charge is -2.22. The third kappa shape index (κ3) is 4.31. The van der Waals surface area contributed by atoms with Crippen molar-refractivity contribution >= 4 is 57.3 Å². The summed E-state index contributed by atoms with van der Waals surface area (Å²) < 4.78 is 0. The average molecular weight is 523 g/mol. The Morgan fingerprint density at radius 1 is 1.00 bits per heavy atom. The number of amides is 1. The van der Waals surface area contributed by atoms with Crippen molar-refractivity contribution in [3.8, 4) is 11.1 Å². The zero-order chi connectivity index (χ0) is 24.7. The fourth-order valence-corrected chi connectivity index (χ4v) is 5.30. The van der Waals surface area contributed by atoms with Crippen LogP contribution in [-0.2, 0) is 4.79 Å². The van der Waals surface area contributed by atoms with Crippen LogP contribution in [0.3, 0.4) is 0 Å². The number of carbonyl (C=O) groups excluding carboxylic acids is 1. The highest BCUT2D eigenvalue weighted by atomic mass is 35.5. The summed E-state index contributed by atoms with van der Waals surface area (Å²) in [6.07, 6.45) is 0.807. The monoisotopic (exact) mass is 521 g/mol. The molecule has 35 heavy (non-hydrogen) atoms. The molecule has 0 saturated carbocycles. The summed E-state index contributed by atoms with van der Waals surface area (Å²) in [4.78, 5) is 17.9. The van der Waals surface area contributed by atoms with Gasteiger partial charge in [-0.05, 0) is 42.3 Å². The molecule has 1 aliphatic rings. The van der Waals surface area contributed by atoms with Crippen LogP contribution < -0.4 is 0 Å². The summed E-state index contributed by atoms with van der Waals surface area (Å²) >= 11 is 19.3. The molecule has 1 aliphatic heterocycles. The predicted octanol–water partition coefficient (Wildman–Crippen LogP) is 8.26. The molecule has 1 aromatic heterocycles. The maximum Gasteiger partial charge on any atom is 0.242 e. The van der Waals surface area contributed by atoms with E-state index < -0.39 is 0 Å². The fraction of sp³-hybridized carbons (Fsp3) is 0.179. The molecule has 1 amide bonds. The molecule has 0 saturated heterocycles. The van der Waals surface area contributed by atoms with E-state index in [9.17, 15) is 4.79 Å². The van der Waals surface area contributed by atoms with E-state index in [1.807, 2.05) is 62.4 Å². The second-order valence-corrected chi connectivity index (χ2v) is 9.70. The maximum absolute atomic E-state index is 13.0. The summed E-state index contributed by atoms with van der Waals surface area (Å²) in [5.74, 6) is -0.0863. The number of carbonyl (C=O) groups is 1. The van der Waals surface area contributed by atoms with E-state index >= 15 is 0 Å². The van der Waals surface area contributed by atoms with Gasteiger partial charge in [0.15, 0.2) is 0 Å². The minimum Gasteiger partial charge on any atom is -0.273 e. The van der Waals surface area contributed by atoms with Gasteiger partial charge < -0.3 is 0 Å². The SMILES string of the molecule is CCC(=O)N1N=C(c2c(C)nc3ccc(Cl)cc3c2-c2ccccc2)C[C@@H]1c1cccc(Cl)c1Cl. The maximum atomic E-state index is 13.0. The molecule has 0 bridgehead atoms. The van der Waals surface area contributed by atoms with Gasteiger partial charge in [0.05, 0.1) is 27.3 Å². The third-order valence-corrected chi connectivity index (χ3v) is 7.36. The van der Waals surface area contributed by atoms with Gasteiger partial charge >= 0.3 is 0 Å². The second kappa shape index (κ2) is 9.62. The van der Waals surface area contributed by atoms with E-state index in [4.69, 9.17) is 44.9 Å². The molecule has 2 heterocycles. The van der Waals surface area contributed by atoms with Crippen LogP contribution in [0.25, 0.3) is 22.0 Å². The Morgan fingerprint density at radius 3 is 2.51 bits per heavy atom. The number of halogens is 3. The molecule has 0 N–H and O–H groups in total. The Hall–Kier alpha value is -2.92. The van der Waals surface area contributed by atoms with Crippen molar-refractivity contribution in [2.75, 3.05) is 0 Å². The molecule has 3 aromatic carbocycles. The van der Waals surface area contributed by atoms with E-state index in [0.29, 0.717) is 27.9 Å². The van der Waals surface area contributed by atoms with Crippen LogP contribution in [0.15, 0.2) is 71.8 Å². The largest absolute Gasteiger partial charge is 0.273 e. The third-order valence-electron chi connectivity index (χ3n) is 6.29. The van der Waals surface area contributed by atoms with Crippen LogP contribution in [0.4, 0.5) is 0 Å². The normalized spacial score (nSPS) is 15.5. The molecule has 4 nitrogen and oxygen atoms in total. The molecular weight excluding hydrogens is 501 g/mol. The predicted molar refractivity (Wildman–Crippen MR) is 144 cm³/mol. The quantitative estimate of drug-likeness (QED) is 0.271. The van der Waals surface area contributed by atoms with E-state index in [1.165, 1.54) is 0 Å². The summed E-state index contributed by atoms with van der Waals surface area (Å²) in [6.45, 7) is 3.80. The van der Waals surface area contributed by atoms with Crippen molar-refractivity contribution in [1.29, 1.82) is 0 Å². The Labute approximate surface area is 219 Å². The number of aromatic nitrogens is 1. The van der Waals surface area contributed by atoms with Crippen molar-refractivity contribution in [3.63, 3.8) is 0 Å². The van der Waals surface area contributed by atoms with E-state index in [2.05, 4.69) is 12.1 Å². The summed E-state index contributed by atoms with van der Waals surface area (Å²) in [5, 5.41) is 8.86. The van der Waals surface area contributed by atoms with Gasteiger partial charge in [-0.15, -0.1) is 0 Å². The van der Waals surface area contributed by atoms with Crippen LogP contribution in [0.2, 0.25) is 15.1 Å². The molecule has 1 atom stereocenters. The van der Waals surface area contributed by atoms with Gasteiger partial charge in [-0.1, -0.05) is 84.2 Å². The smallest absolute Gasteiger partial charge is 0.242 e. The molecule has 7 heteroatoms. The minimum absolute atomic E-state index is 0.0863. The number of nitrogens with zero attached hydrogens (tertiary/aromatic N) is 3. The Kier molecular flexibility index (Phi) is 6.54. The van der Waals surface area contributed by atoms with Crippen molar-refractivity contribution < 1.29 is 4.79 Å². The summed E-state index contributed by atoms with van der Waals surface area (Å²) in [6, 6.07) is 21.0. The first-order valence-electron chi connectivity index (χ1n) is 11.4. The van der Waals surface area contributed by atoms with E-state index in [1.54, 1.807) is 11.1 Å². The molecule has 0 radical (unpaired) electrons. The zero-order valence-corrected chi connectivity index (χ0v) is 21.5. The van der Waals surface area contributed by atoms with Gasteiger partial charge in [-0.3, -0.25) is 9.78 Å². The minimum atomic E-state index is -0.360.